The molecule has 28 heavy (non-hydrogen) atoms. The van der Waals surface area contributed by atoms with Crippen molar-refractivity contribution in [3.05, 3.63) is 71.5 Å². The second kappa shape index (κ2) is 8.52. The Hall–Kier alpha value is -3.41. The van der Waals surface area contributed by atoms with Gasteiger partial charge in [0.15, 0.2) is 0 Å². The number of aryl methyl sites for hydroxylation is 2. The van der Waals surface area contributed by atoms with Crippen LogP contribution in [0.15, 0.2) is 54.6 Å². The summed E-state index contributed by atoms with van der Waals surface area (Å²) in [5, 5.41) is 6.13. The van der Waals surface area contributed by atoms with E-state index in [1.54, 1.807) is 6.07 Å². The van der Waals surface area contributed by atoms with E-state index in [-0.39, 0.29) is 5.91 Å². The Balaban J connectivity index is 1.79. The molecule has 0 atom stereocenters. The van der Waals surface area contributed by atoms with Crippen LogP contribution in [0.4, 0.5) is 23.0 Å². The molecule has 1 aromatic heterocycles. The Morgan fingerprint density at radius 2 is 1.75 bits per heavy atom. The van der Waals surface area contributed by atoms with Gasteiger partial charge < -0.3 is 15.5 Å². The molecule has 0 unspecified atom stereocenters. The van der Waals surface area contributed by atoms with Crippen molar-refractivity contribution in [2.45, 2.75) is 20.3 Å². The highest BCUT2D eigenvalue weighted by Gasteiger charge is 2.12. The van der Waals surface area contributed by atoms with Crippen molar-refractivity contribution in [2.75, 3.05) is 29.6 Å². The third kappa shape index (κ3) is 4.65. The summed E-state index contributed by atoms with van der Waals surface area (Å²) in [4.78, 5) is 23.5. The van der Waals surface area contributed by atoms with E-state index in [9.17, 15) is 4.79 Å². The van der Waals surface area contributed by atoms with E-state index in [2.05, 4.69) is 33.6 Å². The minimum absolute atomic E-state index is 0.269. The molecule has 3 rings (SSSR count). The quantitative estimate of drug-likeness (QED) is 0.668. The van der Waals surface area contributed by atoms with Crippen molar-refractivity contribution in [1.29, 1.82) is 0 Å². The molecular weight excluding hydrogens is 350 g/mol. The number of para-hydroxylation sites is 1. The highest BCUT2D eigenvalue weighted by atomic mass is 16.1. The Labute approximate surface area is 165 Å². The van der Waals surface area contributed by atoms with E-state index in [0.717, 1.165) is 29.2 Å². The molecule has 0 saturated heterocycles. The Morgan fingerprint density at radius 3 is 2.43 bits per heavy atom. The van der Waals surface area contributed by atoms with Crippen molar-refractivity contribution in [3.8, 4) is 0 Å². The van der Waals surface area contributed by atoms with Gasteiger partial charge in [-0.05, 0) is 55.3 Å². The van der Waals surface area contributed by atoms with Crippen LogP contribution in [0, 0.1) is 6.92 Å². The van der Waals surface area contributed by atoms with Crippen molar-refractivity contribution < 1.29 is 4.79 Å². The van der Waals surface area contributed by atoms with Crippen LogP contribution in [-0.2, 0) is 6.42 Å². The third-order valence-electron chi connectivity index (χ3n) is 4.37. The number of benzene rings is 2. The van der Waals surface area contributed by atoms with Gasteiger partial charge in [-0.25, -0.2) is 9.97 Å². The van der Waals surface area contributed by atoms with E-state index in [1.165, 1.54) is 5.56 Å². The van der Waals surface area contributed by atoms with Crippen LogP contribution in [-0.4, -0.2) is 30.0 Å². The first-order valence-electron chi connectivity index (χ1n) is 9.25. The summed E-state index contributed by atoms with van der Waals surface area (Å²) in [7, 11) is 3.95. The molecule has 2 aromatic carbocycles. The molecule has 0 radical (unpaired) electrons. The highest BCUT2D eigenvalue weighted by Crippen LogP contribution is 2.20. The number of rotatable bonds is 6. The molecule has 0 bridgehead atoms. The predicted octanol–water partition coefficient (Wildman–Crippen LogP) is 4.41. The van der Waals surface area contributed by atoms with Crippen LogP contribution in [0.1, 0.15) is 28.7 Å². The molecule has 144 valence electrons. The molecule has 0 fully saturated rings. The lowest BCUT2D eigenvalue weighted by Gasteiger charge is -2.13. The second-order valence-corrected chi connectivity index (χ2v) is 6.75. The first-order chi connectivity index (χ1) is 13.5. The molecule has 0 saturated carbocycles. The number of carbonyl (C=O) groups is 1. The van der Waals surface area contributed by atoms with Crippen molar-refractivity contribution >= 4 is 28.9 Å². The number of nitrogens with one attached hydrogen (secondary N) is 2. The fraction of sp³-hybridized carbons (Fsp3) is 0.227. The predicted molar refractivity (Wildman–Crippen MR) is 115 cm³/mol. The largest absolute Gasteiger partial charge is 0.378 e. The zero-order chi connectivity index (χ0) is 20.1. The summed E-state index contributed by atoms with van der Waals surface area (Å²) in [5.74, 6) is 0.143. The molecule has 0 aliphatic rings. The standard InChI is InChI=1S/C22H25N5O/c1-5-16-8-6-7-9-19(16)25-22-23-15(2)14-20(26-22)21(28)24-17-10-12-18(13-11-17)27(3)4/h6-14H,5H2,1-4H3,(H,24,28)(H,23,25,26). The molecule has 2 N–H and O–H groups in total. The third-order valence-corrected chi connectivity index (χ3v) is 4.37. The summed E-state index contributed by atoms with van der Waals surface area (Å²) in [5.41, 5.74) is 4.94. The maximum atomic E-state index is 12.7. The van der Waals surface area contributed by atoms with E-state index in [4.69, 9.17) is 0 Å². The van der Waals surface area contributed by atoms with Gasteiger partial charge in [-0.15, -0.1) is 0 Å². The zero-order valence-electron chi connectivity index (χ0n) is 16.7. The Bertz CT molecular complexity index is 967. The molecule has 3 aromatic rings. The van der Waals surface area contributed by atoms with Crippen LogP contribution in [0.2, 0.25) is 0 Å². The van der Waals surface area contributed by atoms with Crippen LogP contribution in [0.5, 0.6) is 0 Å². The fourth-order valence-electron chi connectivity index (χ4n) is 2.85. The number of carbonyl (C=O) groups excluding carboxylic acids is 1. The summed E-state index contributed by atoms with van der Waals surface area (Å²) in [6.07, 6.45) is 0.894. The number of hydrogen-bond acceptors (Lipinski definition) is 5. The van der Waals surface area contributed by atoms with E-state index < -0.39 is 0 Å². The van der Waals surface area contributed by atoms with E-state index in [1.807, 2.05) is 68.4 Å². The molecule has 0 aliphatic heterocycles. The second-order valence-electron chi connectivity index (χ2n) is 6.75. The average molecular weight is 375 g/mol. The SMILES string of the molecule is CCc1ccccc1Nc1nc(C)cc(C(=O)Nc2ccc(N(C)C)cc2)n1. The van der Waals surface area contributed by atoms with Gasteiger partial charge >= 0.3 is 0 Å². The van der Waals surface area contributed by atoms with Gasteiger partial charge in [0.05, 0.1) is 0 Å². The first-order valence-corrected chi connectivity index (χ1v) is 9.25. The maximum Gasteiger partial charge on any atom is 0.274 e. The van der Waals surface area contributed by atoms with Gasteiger partial charge in [0.25, 0.3) is 5.91 Å². The van der Waals surface area contributed by atoms with Crippen LogP contribution in [0.25, 0.3) is 0 Å². The number of amides is 1. The first kappa shape index (κ1) is 19.4. The van der Waals surface area contributed by atoms with Crippen molar-refractivity contribution in [3.63, 3.8) is 0 Å². The summed E-state index contributed by atoms with van der Waals surface area (Å²) in [6, 6.07) is 17.3. The van der Waals surface area contributed by atoms with Crippen LogP contribution in [0.3, 0.4) is 0 Å². The molecule has 1 heterocycles. The van der Waals surface area contributed by atoms with Crippen LogP contribution < -0.4 is 15.5 Å². The van der Waals surface area contributed by atoms with Gasteiger partial charge in [-0.1, -0.05) is 25.1 Å². The molecule has 6 nitrogen and oxygen atoms in total. The lowest BCUT2D eigenvalue weighted by atomic mass is 10.1. The van der Waals surface area contributed by atoms with Crippen molar-refractivity contribution in [1.82, 2.24) is 9.97 Å². The van der Waals surface area contributed by atoms with Gasteiger partial charge in [-0.2, -0.15) is 0 Å². The Morgan fingerprint density at radius 1 is 1.04 bits per heavy atom. The molecule has 1 amide bonds. The van der Waals surface area contributed by atoms with E-state index >= 15 is 0 Å². The van der Waals surface area contributed by atoms with Gasteiger partial charge in [0, 0.05) is 36.9 Å². The lowest BCUT2D eigenvalue weighted by molar-refractivity contribution is 0.102. The number of anilines is 4. The molecule has 6 heteroatoms. The highest BCUT2D eigenvalue weighted by molar-refractivity contribution is 6.03. The zero-order valence-corrected chi connectivity index (χ0v) is 16.7. The topological polar surface area (TPSA) is 70.2 Å². The van der Waals surface area contributed by atoms with Gasteiger partial charge in [-0.3, -0.25) is 4.79 Å². The molecule has 0 aliphatic carbocycles. The summed E-state index contributed by atoms with van der Waals surface area (Å²) >= 11 is 0. The number of hydrogen-bond donors (Lipinski definition) is 2. The van der Waals surface area contributed by atoms with Crippen molar-refractivity contribution in [2.24, 2.45) is 0 Å². The summed E-state index contributed by atoms with van der Waals surface area (Å²) < 4.78 is 0. The minimum atomic E-state index is -0.269. The average Bonchev–Trinajstić information content (AvgIpc) is 2.68. The summed E-state index contributed by atoms with van der Waals surface area (Å²) in [6.45, 7) is 3.94. The lowest BCUT2D eigenvalue weighted by Crippen LogP contribution is -2.16. The van der Waals surface area contributed by atoms with E-state index in [0.29, 0.717) is 11.6 Å². The molecule has 0 spiro atoms. The monoisotopic (exact) mass is 375 g/mol. The number of nitrogens with zero attached hydrogens (tertiary/aromatic N) is 3. The van der Waals surface area contributed by atoms with Gasteiger partial charge in [0.2, 0.25) is 5.95 Å². The maximum absolute atomic E-state index is 12.7. The van der Waals surface area contributed by atoms with Gasteiger partial charge in [0.1, 0.15) is 5.69 Å². The number of aromatic nitrogens is 2. The fourth-order valence-corrected chi connectivity index (χ4v) is 2.85. The smallest absolute Gasteiger partial charge is 0.274 e. The molecular formula is C22H25N5O. The normalized spacial score (nSPS) is 10.4. The van der Waals surface area contributed by atoms with Crippen LogP contribution >= 0.6 is 0 Å². The Kier molecular flexibility index (Phi) is 5.89. The minimum Gasteiger partial charge on any atom is -0.378 e.